The van der Waals surface area contributed by atoms with Crippen molar-refractivity contribution in [2.45, 2.75) is 38.7 Å². The molecule has 1 aromatic rings. The SMILES string of the molecule is Cc1cc(C)c(C(Cl)C2CCOC2C)s1. The normalized spacial score (nSPS) is 28.3. The highest BCUT2D eigenvalue weighted by Crippen LogP contribution is 2.42. The lowest BCUT2D eigenvalue weighted by atomic mass is 9.96. The Hall–Kier alpha value is -0.0500. The van der Waals surface area contributed by atoms with Gasteiger partial charge in [0.15, 0.2) is 0 Å². The van der Waals surface area contributed by atoms with Crippen LogP contribution in [0.3, 0.4) is 0 Å². The van der Waals surface area contributed by atoms with Crippen LogP contribution in [0.2, 0.25) is 0 Å². The van der Waals surface area contributed by atoms with Gasteiger partial charge >= 0.3 is 0 Å². The topological polar surface area (TPSA) is 9.23 Å². The fourth-order valence-corrected chi connectivity index (χ4v) is 3.99. The molecule has 84 valence electrons. The maximum atomic E-state index is 6.56. The quantitative estimate of drug-likeness (QED) is 0.713. The Morgan fingerprint density at radius 3 is 2.73 bits per heavy atom. The van der Waals surface area contributed by atoms with Crippen molar-refractivity contribution in [1.29, 1.82) is 0 Å². The zero-order valence-corrected chi connectivity index (χ0v) is 11.0. The number of thiophene rings is 1. The van der Waals surface area contributed by atoms with Gasteiger partial charge in [-0.15, -0.1) is 22.9 Å². The molecule has 1 nitrogen and oxygen atoms in total. The third kappa shape index (κ3) is 2.22. The fraction of sp³-hybridized carbons (Fsp3) is 0.667. The molecule has 1 aliphatic rings. The highest BCUT2D eigenvalue weighted by Gasteiger charge is 2.33. The van der Waals surface area contributed by atoms with Gasteiger partial charge in [0, 0.05) is 22.3 Å². The molecule has 3 atom stereocenters. The van der Waals surface area contributed by atoms with Gasteiger partial charge in [-0.05, 0) is 38.8 Å². The monoisotopic (exact) mass is 244 g/mol. The van der Waals surface area contributed by atoms with E-state index in [9.17, 15) is 0 Å². The predicted molar refractivity (Wildman–Crippen MR) is 65.9 cm³/mol. The van der Waals surface area contributed by atoms with E-state index in [2.05, 4.69) is 26.8 Å². The van der Waals surface area contributed by atoms with E-state index in [4.69, 9.17) is 16.3 Å². The molecule has 0 spiro atoms. The smallest absolute Gasteiger partial charge is 0.0734 e. The molecule has 0 bridgehead atoms. The average Bonchev–Trinajstić information content (AvgIpc) is 2.71. The summed E-state index contributed by atoms with van der Waals surface area (Å²) >= 11 is 8.38. The van der Waals surface area contributed by atoms with Crippen LogP contribution in [0.15, 0.2) is 6.07 Å². The summed E-state index contributed by atoms with van der Waals surface area (Å²) in [5.41, 5.74) is 1.33. The summed E-state index contributed by atoms with van der Waals surface area (Å²) in [6.07, 6.45) is 1.39. The van der Waals surface area contributed by atoms with E-state index in [1.807, 2.05) is 11.3 Å². The van der Waals surface area contributed by atoms with Crippen LogP contribution in [0.1, 0.15) is 34.0 Å². The molecule has 0 radical (unpaired) electrons. The van der Waals surface area contributed by atoms with Crippen LogP contribution in [0.5, 0.6) is 0 Å². The maximum absolute atomic E-state index is 6.56. The second-order valence-electron chi connectivity index (χ2n) is 4.33. The van der Waals surface area contributed by atoms with E-state index < -0.39 is 0 Å². The first-order valence-corrected chi connectivity index (χ1v) is 6.67. The van der Waals surface area contributed by atoms with Gasteiger partial charge in [0.1, 0.15) is 0 Å². The Labute approximate surface area is 100 Å². The van der Waals surface area contributed by atoms with Gasteiger partial charge < -0.3 is 4.74 Å². The Bertz CT molecular complexity index is 347. The molecule has 0 amide bonds. The van der Waals surface area contributed by atoms with Crippen molar-refractivity contribution < 1.29 is 4.74 Å². The minimum atomic E-state index is 0.126. The van der Waals surface area contributed by atoms with Gasteiger partial charge in [-0.25, -0.2) is 0 Å². The van der Waals surface area contributed by atoms with Crippen molar-refractivity contribution >= 4 is 22.9 Å². The van der Waals surface area contributed by atoms with Crippen molar-refractivity contribution in [2.24, 2.45) is 5.92 Å². The fourth-order valence-electron chi connectivity index (χ4n) is 2.26. The Balaban J connectivity index is 2.19. The Morgan fingerprint density at radius 1 is 1.53 bits per heavy atom. The molecule has 2 rings (SSSR count). The van der Waals surface area contributed by atoms with Crippen molar-refractivity contribution in [2.75, 3.05) is 6.61 Å². The molecule has 0 aliphatic carbocycles. The van der Waals surface area contributed by atoms with Crippen LogP contribution < -0.4 is 0 Å². The molecular weight excluding hydrogens is 228 g/mol. The Morgan fingerprint density at radius 2 is 2.27 bits per heavy atom. The summed E-state index contributed by atoms with van der Waals surface area (Å²) < 4.78 is 5.57. The summed E-state index contributed by atoms with van der Waals surface area (Å²) in [6.45, 7) is 7.27. The number of aryl methyl sites for hydroxylation is 2. The first-order valence-electron chi connectivity index (χ1n) is 5.42. The standard InChI is InChI=1S/C12H17ClOS/c1-7-6-8(2)15-12(7)11(13)10-4-5-14-9(10)3/h6,9-11H,4-5H2,1-3H3. The highest BCUT2D eigenvalue weighted by molar-refractivity contribution is 7.12. The summed E-state index contributed by atoms with van der Waals surface area (Å²) in [6, 6.07) is 2.22. The minimum absolute atomic E-state index is 0.126. The lowest BCUT2D eigenvalue weighted by Gasteiger charge is -2.19. The van der Waals surface area contributed by atoms with Crippen LogP contribution >= 0.6 is 22.9 Å². The van der Waals surface area contributed by atoms with Crippen LogP contribution in [-0.4, -0.2) is 12.7 Å². The van der Waals surface area contributed by atoms with Gasteiger partial charge in [-0.3, -0.25) is 0 Å². The summed E-state index contributed by atoms with van der Waals surface area (Å²) in [5, 5.41) is 0.126. The van der Waals surface area contributed by atoms with Crippen molar-refractivity contribution in [1.82, 2.24) is 0 Å². The molecule has 3 heteroatoms. The molecule has 15 heavy (non-hydrogen) atoms. The molecule has 0 aromatic carbocycles. The largest absolute Gasteiger partial charge is 0.378 e. The summed E-state index contributed by atoms with van der Waals surface area (Å²) in [5.74, 6) is 0.475. The number of rotatable bonds is 2. The first-order chi connectivity index (χ1) is 7.09. The third-order valence-electron chi connectivity index (χ3n) is 3.14. The van der Waals surface area contributed by atoms with E-state index in [0.717, 1.165) is 13.0 Å². The second-order valence-corrected chi connectivity index (χ2v) is 6.09. The van der Waals surface area contributed by atoms with Gasteiger partial charge in [-0.1, -0.05) is 0 Å². The van der Waals surface area contributed by atoms with Crippen LogP contribution in [0.4, 0.5) is 0 Å². The van der Waals surface area contributed by atoms with E-state index in [-0.39, 0.29) is 5.38 Å². The summed E-state index contributed by atoms with van der Waals surface area (Å²) in [7, 11) is 0. The number of hydrogen-bond donors (Lipinski definition) is 0. The van der Waals surface area contributed by atoms with Crippen molar-refractivity contribution in [3.63, 3.8) is 0 Å². The molecule has 2 heterocycles. The second kappa shape index (κ2) is 4.44. The van der Waals surface area contributed by atoms with E-state index >= 15 is 0 Å². The van der Waals surface area contributed by atoms with Gasteiger partial charge in [0.25, 0.3) is 0 Å². The molecule has 0 N–H and O–H groups in total. The Kier molecular flexibility index (Phi) is 3.39. The molecule has 0 saturated carbocycles. The van der Waals surface area contributed by atoms with Crippen LogP contribution in [0, 0.1) is 19.8 Å². The lowest BCUT2D eigenvalue weighted by Crippen LogP contribution is -2.16. The number of alkyl halides is 1. The zero-order valence-electron chi connectivity index (χ0n) is 9.42. The van der Waals surface area contributed by atoms with E-state index in [1.54, 1.807) is 0 Å². The molecule has 3 unspecified atom stereocenters. The zero-order chi connectivity index (χ0) is 11.0. The molecular formula is C12H17ClOS. The van der Waals surface area contributed by atoms with Crippen LogP contribution in [-0.2, 0) is 4.74 Å². The first kappa shape index (κ1) is 11.4. The van der Waals surface area contributed by atoms with Gasteiger partial charge in [0.2, 0.25) is 0 Å². The predicted octanol–water partition coefficient (Wildman–Crippen LogP) is 4.07. The average molecular weight is 245 g/mol. The van der Waals surface area contributed by atoms with Crippen molar-refractivity contribution in [3.8, 4) is 0 Å². The number of hydrogen-bond acceptors (Lipinski definition) is 2. The van der Waals surface area contributed by atoms with Crippen molar-refractivity contribution in [3.05, 3.63) is 21.4 Å². The highest BCUT2D eigenvalue weighted by atomic mass is 35.5. The molecule has 1 saturated heterocycles. The lowest BCUT2D eigenvalue weighted by molar-refractivity contribution is 0.105. The minimum Gasteiger partial charge on any atom is -0.378 e. The van der Waals surface area contributed by atoms with E-state index in [1.165, 1.54) is 15.3 Å². The van der Waals surface area contributed by atoms with Crippen LogP contribution in [0.25, 0.3) is 0 Å². The van der Waals surface area contributed by atoms with Gasteiger partial charge in [-0.2, -0.15) is 0 Å². The summed E-state index contributed by atoms with van der Waals surface area (Å²) in [4.78, 5) is 2.68. The number of ether oxygens (including phenoxy) is 1. The van der Waals surface area contributed by atoms with Gasteiger partial charge in [0.05, 0.1) is 11.5 Å². The third-order valence-corrected chi connectivity index (χ3v) is 5.05. The molecule has 1 fully saturated rings. The molecule has 1 aromatic heterocycles. The number of halogens is 1. The molecule has 1 aliphatic heterocycles. The van der Waals surface area contributed by atoms with E-state index in [0.29, 0.717) is 12.0 Å². The maximum Gasteiger partial charge on any atom is 0.0734 e.